The van der Waals surface area contributed by atoms with Gasteiger partial charge in [0.05, 0.1) is 22.8 Å². The maximum absolute atomic E-state index is 12.4. The molecule has 2 unspecified atom stereocenters. The minimum atomic E-state index is -1.38. The highest BCUT2D eigenvalue weighted by Gasteiger charge is 2.45. The standard InChI is InChI=1S/C25H26N4O3/c1-14-22(15(2)32-29-14)17-11-19(23-20(12-17)27-24(28-23)16-7-8-16)25(30,21-6-4-10-31-21)18-5-3-9-26-13-18/h3,5,9,11-13,16,21,30H,4,6-8,10H2,1-2H3,(H,27,28). The average molecular weight is 431 g/mol. The van der Waals surface area contributed by atoms with Crippen molar-refractivity contribution in [2.75, 3.05) is 6.61 Å². The van der Waals surface area contributed by atoms with Gasteiger partial charge in [0.25, 0.3) is 0 Å². The maximum Gasteiger partial charge on any atom is 0.144 e. The highest BCUT2D eigenvalue weighted by atomic mass is 16.5. The number of imidazole rings is 1. The Bertz CT molecular complexity index is 1270. The van der Waals surface area contributed by atoms with E-state index in [9.17, 15) is 5.11 Å². The van der Waals surface area contributed by atoms with Crippen LogP contribution < -0.4 is 0 Å². The third-order valence-corrected chi connectivity index (χ3v) is 6.80. The number of benzene rings is 1. The van der Waals surface area contributed by atoms with Gasteiger partial charge in [-0.15, -0.1) is 0 Å². The van der Waals surface area contributed by atoms with Gasteiger partial charge in [0.1, 0.15) is 17.2 Å². The molecule has 0 spiro atoms. The van der Waals surface area contributed by atoms with Crippen LogP contribution in [0, 0.1) is 13.8 Å². The molecule has 4 heterocycles. The Morgan fingerprint density at radius 2 is 2.06 bits per heavy atom. The SMILES string of the molecule is Cc1noc(C)c1-c1cc(C(O)(c2cccnc2)C2CCCO2)c2nc(C3CC3)[nH]c2c1. The molecule has 0 radical (unpaired) electrons. The number of H-pyrrole nitrogens is 1. The highest BCUT2D eigenvalue weighted by molar-refractivity contribution is 5.87. The van der Waals surface area contributed by atoms with Gasteiger partial charge in [-0.25, -0.2) is 4.98 Å². The molecule has 2 N–H and O–H groups in total. The van der Waals surface area contributed by atoms with E-state index in [4.69, 9.17) is 14.2 Å². The van der Waals surface area contributed by atoms with Crippen molar-refractivity contribution in [2.45, 2.75) is 57.2 Å². The Hall–Kier alpha value is -3.03. The Kier molecular flexibility index (Phi) is 4.45. The first kappa shape index (κ1) is 19.6. The van der Waals surface area contributed by atoms with Gasteiger partial charge in [0, 0.05) is 41.6 Å². The first-order valence-electron chi connectivity index (χ1n) is 11.3. The molecule has 2 fully saturated rings. The van der Waals surface area contributed by atoms with Crippen LogP contribution in [0.15, 0.2) is 41.2 Å². The van der Waals surface area contributed by atoms with Crippen LogP contribution in [-0.4, -0.2) is 37.9 Å². The van der Waals surface area contributed by atoms with Crippen LogP contribution in [0.1, 0.15) is 60.0 Å². The predicted molar refractivity (Wildman–Crippen MR) is 119 cm³/mol. The number of aromatic amines is 1. The molecule has 6 rings (SSSR count). The first-order chi connectivity index (χ1) is 15.6. The normalized spacial score (nSPS) is 20.7. The largest absolute Gasteiger partial charge is 0.377 e. The molecule has 1 aromatic carbocycles. The monoisotopic (exact) mass is 430 g/mol. The summed E-state index contributed by atoms with van der Waals surface area (Å²) in [7, 11) is 0. The lowest BCUT2D eigenvalue weighted by molar-refractivity contribution is -0.0613. The molecular formula is C25H26N4O3. The predicted octanol–water partition coefficient (Wildman–Crippen LogP) is 4.52. The summed E-state index contributed by atoms with van der Waals surface area (Å²) in [6.45, 7) is 4.48. The van der Waals surface area contributed by atoms with E-state index in [0.29, 0.717) is 18.1 Å². The van der Waals surface area contributed by atoms with Gasteiger partial charge in [-0.2, -0.15) is 0 Å². The second kappa shape index (κ2) is 7.25. The van der Waals surface area contributed by atoms with E-state index in [1.165, 1.54) is 0 Å². The minimum Gasteiger partial charge on any atom is -0.377 e. The molecule has 7 nitrogen and oxygen atoms in total. The lowest BCUT2D eigenvalue weighted by atomic mass is 9.79. The van der Waals surface area contributed by atoms with Crippen LogP contribution in [0.4, 0.5) is 0 Å². The lowest BCUT2D eigenvalue weighted by Crippen LogP contribution is -2.40. The average Bonchev–Trinajstić information content (AvgIpc) is 3.19. The summed E-state index contributed by atoms with van der Waals surface area (Å²) in [6, 6.07) is 7.88. The number of hydrogen-bond donors (Lipinski definition) is 2. The van der Waals surface area contributed by atoms with Crippen molar-refractivity contribution in [1.82, 2.24) is 20.1 Å². The molecular weight excluding hydrogens is 404 g/mol. The van der Waals surface area contributed by atoms with Gasteiger partial charge in [0.2, 0.25) is 0 Å². The molecule has 4 aromatic rings. The summed E-state index contributed by atoms with van der Waals surface area (Å²) in [6.07, 6.45) is 7.03. The van der Waals surface area contributed by atoms with Gasteiger partial charge >= 0.3 is 0 Å². The molecule has 1 saturated heterocycles. The van der Waals surface area contributed by atoms with Crippen LogP contribution in [0.25, 0.3) is 22.2 Å². The zero-order valence-corrected chi connectivity index (χ0v) is 18.3. The number of fused-ring (bicyclic) bond motifs is 1. The van der Waals surface area contributed by atoms with Crippen LogP contribution in [-0.2, 0) is 10.3 Å². The molecule has 0 bridgehead atoms. The van der Waals surface area contributed by atoms with E-state index < -0.39 is 5.60 Å². The molecule has 1 aliphatic heterocycles. The van der Waals surface area contributed by atoms with Gasteiger partial charge in [0.15, 0.2) is 0 Å². The smallest absolute Gasteiger partial charge is 0.144 e. The van der Waals surface area contributed by atoms with Gasteiger partial charge < -0.3 is 19.4 Å². The van der Waals surface area contributed by atoms with E-state index in [0.717, 1.165) is 70.7 Å². The third-order valence-electron chi connectivity index (χ3n) is 6.80. The summed E-state index contributed by atoms with van der Waals surface area (Å²) in [5.74, 6) is 2.20. The quantitative estimate of drug-likeness (QED) is 0.483. The Labute approximate surface area is 185 Å². The molecule has 0 amide bonds. The topological polar surface area (TPSA) is 97.1 Å². The number of aryl methyl sites for hydroxylation is 2. The summed E-state index contributed by atoms with van der Waals surface area (Å²) in [5, 5.41) is 16.6. The van der Waals surface area contributed by atoms with Crippen LogP contribution >= 0.6 is 0 Å². The fraction of sp³-hybridized carbons (Fsp3) is 0.400. The fourth-order valence-electron chi connectivity index (χ4n) is 5.03. The zero-order chi connectivity index (χ0) is 21.9. The molecule has 2 atom stereocenters. The number of nitrogens with one attached hydrogen (secondary N) is 1. The molecule has 32 heavy (non-hydrogen) atoms. The molecule has 164 valence electrons. The van der Waals surface area contributed by atoms with Crippen LogP contribution in [0.2, 0.25) is 0 Å². The third kappa shape index (κ3) is 2.99. The van der Waals surface area contributed by atoms with Crippen LogP contribution in [0.5, 0.6) is 0 Å². The van der Waals surface area contributed by atoms with Gasteiger partial charge in [-0.05, 0) is 63.3 Å². The Balaban J connectivity index is 1.65. The van der Waals surface area contributed by atoms with Crippen molar-refractivity contribution in [3.63, 3.8) is 0 Å². The number of aliphatic hydroxyl groups is 1. The number of ether oxygens (including phenoxy) is 1. The van der Waals surface area contributed by atoms with Crippen molar-refractivity contribution in [3.05, 3.63) is 65.1 Å². The highest BCUT2D eigenvalue weighted by Crippen LogP contribution is 2.45. The zero-order valence-electron chi connectivity index (χ0n) is 18.3. The molecule has 1 saturated carbocycles. The Morgan fingerprint density at radius 1 is 1.19 bits per heavy atom. The van der Waals surface area contributed by atoms with Crippen molar-refractivity contribution >= 4 is 11.0 Å². The Morgan fingerprint density at radius 3 is 2.72 bits per heavy atom. The second-order valence-corrected chi connectivity index (χ2v) is 9.03. The molecule has 3 aromatic heterocycles. The fourth-order valence-corrected chi connectivity index (χ4v) is 5.03. The number of pyridine rings is 1. The molecule has 2 aliphatic rings. The van der Waals surface area contributed by atoms with Gasteiger partial charge in [-0.3, -0.25) is 4.98 Å². The summed E-state index contributed by atoms with van der Waals surface area (Å²) >= 11 is 0. The lowest BCUT2D eigenvalue weighted by Gasteiger charge is -2.34. The van der Waals surface area contributed by atoms with E-state index in [1.54, 1.807) is 12.4 Å². The second-order valence-electron chi connectivity index (χ2n) is 9.03. The molecule has 7 heteroatoms. The van der Waals surface area contributed by atoms with Crippen molar-refractivity contribution in [3.8, 4) is 11.1 Å². The number of hydrogen-bond acceptors (Lipinski definition) is 6. The number of rotatable bonds is 5. The molecule has 1 aliphatic carbocycles. The number of aromatic nitrogens is 4. The van der Waals surface area contributed by atoms with E-state index in [2.05, 4.69) is 21.2 Å². The van der Waals surface area contributed by atoms with Crippen molar-refractivity contribution in [1.29, 1.82) is 0 Å². The van der Waals surface area contributed by atoms with E-state index in [-0.39, 0.29) is 6.10 Å². The number of nitrogens with zero attached hydrogens (tertiary/aromatic N) is 3. The van der Waals surface area contributed by atoms with Crippen molar-refractivity contribution < 1.29 is 14.4 Å². The van der Waals surface area contributed by atoms with Crippen LogP contribution in [0.3, 0.4) is 0 Å². The minimum absolute atomic E-state index is 0.379. The van der Waals surface area contributed by atoms with Crippen molar-refractivity contribution in [2.24, 2.45) is 0 Å². The maximum atomic E-state index is 12.4. The summed E-state index contributed by atoms with van der Waals surface area (Å²) < 4.78 is 11.5. The summed E-state index contributed by atoms with van der Waals surface area (Å²) in [5.41, 5.74) is 4.44. The van der Waals surface area contributed by atoms with E-state index >= 15 is 0 Å². The first-order valence-corrected chi connectivity index (χ1v) is 11.3. The van der Waals surface area contributed by atoms with Gasteiger partial charge in [-0.1, -0.05) is 11.2 Å². The van der Waals surface area contributed by atoms with E-state index in [1.807, 2.05) is 32.0 Å². The summed E-state index contributed by atoms with van der Waals surface area (Å²) in [4.78, 5) is 12.8.